The molecule has 0 saturated carbocycles. The third-order valence-corrected chi connectivity index (χ3v) is 0. The van der Waals surface area contributed by atoms with Gasteiger partial charge in [-0.05, 0) is 0 Å². The minimum Gasteiger partial charge on any atom is 0 e. The van der Waals surface area contributed by atoms with Gasteiger partial charge in [0.05, 0.1) is 0 Å². The van der Waals surface area contributed by atoms with E-state index in [9.17, 15) is 0 Å². The molecule has 0 aliphatic carbocycles. The summed E-state index contributed by atoms with van der Waals surface area (Å²) >= 11 is -5.25. The number of rotatable bonds is 0. The van der Waals surface area contributed by atoms with Gasteiger partial charge >= 0.3 is 67.3 Å². The predicted molar refractivity (Wildman–Crippen MR) is 13.8 cm³/mol. The Labute approximate surface area is 87.5 Å². The van der Waals surface area contributed by atoms with E-state index in [2.05, 4.69) is 0 Å². The van der Waals surface area contributed by atoms with Crippen LogP contribution in [-0.4, -0.2) is 46.1 Å². The van der Waals surface area contributed by atoms with E-state index < -0.39 is 13.6 Å². The fourth-order valence-corrected chi connectivity index (χ4v) is 0. The molecule has 0 amide bonds. The Morgan fingerprint density at radius 1 is 1.29 bits per heavy atom. The molecule has 0 atom stereocenters. The van der Waals surface area contributed by atoms with Crippen LogP contribution in [0.25, 0.3) is 0 Å². The van der Waals surface area contributed by atoms with Crippen LogP contribution in [0.1, 0.15) is 2.85 Å². The molecule has 0 saturated heterocycles. The Kier molecular flexibility index (Phi) is 13.7. The smallest absolute Gasteiger partial charge is 0 e. The van der Waals surface area contributed by atoms with Crippen LogP contribution in [0.4, 0.5) is 0 Å². The standard InChI is InChI=1S/Ca.Cr.2H2O.2O.V.2H/h;;2*1H2;;;;;/q2*+2;;;;;;2*-1/p-2. The summed E-state index contributed by atoms with van der Waals surface area (Å²) in [7, 11) is 0. The molecule has 0 aromatic carbocycles. The van der Waals surface area contributed by atoms with Crippen LogP contribution >= 0.6 is 0 Å². The second kappa shape index (κ2) is 6.02. The molecule has 7 heteroatoms. The third-order valence-electron chi connectivity index (χ3n) is 0. The minimum absolute atomic E-state index is 0. The van der Waals surface area contributed by atoms with Crippen LogP contribution in [0.5, 0.6) is 0 Å². The first kappa shape index (κ1) is 16.0. The molecular formula is H4CaCrO4V. The SMILES string of the molecule is [Ca+2].[H-].[H-].[O]=[Cr](=[O])([OH])[OH].[V]. The van der Waals surface area contributed by atoms with Gasteiger partial charge in [-0.1, -0.05) is 0 Å². The van der Waals surface area contributed by atoms with Crippen molar-refractivity contribution in [3.63, 3.8) is 0 Å². The van der Waals surface area contributed by atoms with Crippen molar-refractivity contribution in [3.05, 3.63) is 0 Å². The summed E-state index contributed by atoms with van der Waals surface area (Å²) in [6, 6.07) is 0. The first-order valence-corrected chi connectivity index (χ1v) is 2.88. The minimum atomic E-state index is -5.25. The maximum atomic E-state index is 8.82. The largest absolute Gasteiger partial charge is 0 e. The van der Waals surface area contributed by atoms with Crippen molar-refractivity contribution in [3.8, 4) is 0 Å². The van der Waals surface area contributed by atoms with E-state index in [0.717, 1.165) is 0 Å². The molecule has 4 nitrogen and oxygen atoms in total. The van der Waals surface area contributed by atoms with Gasteiger partial charge in [0.1, 0.15) is 0 Å². The second-order valence-corrected chi connectivity index (χ2v) is 1.85. The van der Waals surface area contributed by atoms with Crippen molar-refractivity contribution in [2.24, 2.45) is 0 Å². The van der Waals surface area contributed by atoms with Crippen LogP contribution in [0.2, 0.25) is 0 Å². The molecule has 0 bridgehead atoms. The van der Waals surface area contributed by atoms with Gasteiger partial charge in [-0.15, -0.1) is 0 Å². The van der Waals surface area contributed by atoms with Gasteiger partial charge in [0.2, 0.25) is 0 Å². The summed E-state index contributed by atoms with van der Waals surface area (Å²) in [5.41, 5.74) is 0. The van der Waals surface area contributed by atoms with Crippen molar-refractivity contribution in [2.75, 3.05) is 0 Å². The molecular weight excluding hydrogens is 207 g/mol. The molecule has 2 N–H and O–H groups in total. The summed E-state index contributed by atoms with van der Waals surface area (Å²) in [6.07, 6.45) is 0. The van der Waals surface area contributed by atoms with Gasteiger partial charge in [0, 0.05) is 18.6 Å². The van der Waals surface area contributed by atoms with Gasteiger partial charge in [-0.3, -0.25) is 0 Å². The Bertz CT molecular complexity index is 102. The molecule has 0 rings (SSSR count). The normalized spacial score (nSPS) is 8.29. The van der Waals surface area contributed by atoms with Gasteiger partial charge < -0.3 is 2.85 Å². The van der Waals surface area contributed by atoms with Crippen molar-refractivity contribution in [1.82, 2.24) is 0 Å². The summed E-state index contributed by atoms with van der Waals surface area (Å²) < 4.78 is 31.9. The fourth-order valence-electron chi connectivity index (χ4n) is 0. The van der Waals surface area contributed by atoms with Gasteiger partial charge in [0.25, 0.3) is 0 Å². The van der Waals surface area contributed by atoms with Gasteiger partial charge in [-0.2, -0.15) is 0 Å². The van der Waals surface area contributed by atoms with Crippen LogP contribution in [0.15, 0.2) is 0 Å². The van der Waals surface area contributed by atoms with Gasteiger partial charge in [0.15, 0.2) is 0 Å². The van der Waals surface area contributed by atoms with Crippen molar-refractivity contribution in [1.29, 1.82) is 0 Å². The molecule has 0 aromatic heterocycles. The average molecular weight is 211 g/mol. The van der Waals surface area contributed by atoms with E-state index in [4.69, 9.17) is 15.9 Å². The van der Waals surface area contributed by atoms with Gasteiger partial charge in [-0.25, -0.2) is 0 Å². The Balaban J connectivity index is -0.0000000133. The Morgan fingerprint density at radius 2 is 1.29 bits per heavy atom. The van der Waals surface area contributed by atoms with Crippen molar-refractivity contribution >= 4 is 37.7 Å². The molecule has 0 spiro atoms. The first-order valence-electron chi connectivity index (χ1n) is 0.698. The molecule has 0 aliphatic rings. The predicted octanol–water partition coefficient (Wildman–Crippen LogP) is -1.51. The van der Waals surface area contributed by atoms with E-state index in [1.165, 1.54) is 0 Å². The quantitative estimate of drug-likeness (QED) is 0.477. The van der Waals surface area contributed by atoms with Crippen LogP contribution in [-0.2, 0) is 39.8 Å². The zero-order valence-corrected chi connectivity index (χ0v) is 8.15. The zero-order chi connectivity index (χ0) is 4.50. The Hall–Kier alpha value is 1.90. The summed E-state index contributed by atoms with van der Waals surface area (Å²) in [5, 5.41) is 0. The topological polar surface area (TPSA) is 74.6 Å². The molecule has 0 fully saturated rings. The van der Waals surface area contributed by atoms with Crippen molar-refractivity contribution in [2.45, 2.75) is 0 Å². The summed E-state index contributed by atoms with van der Waals surface area (Å²) in [4.78, 5) is 0. The molecule has 41 valence electrons. The summed E-state index contributed by atoms with van der Waals surface area (Å²) in [5.74, 6) is 0. The molecule has 7 heavy (non-hydrogen) atoms. The maximum absolute atomic E-state index is 8.82. The van der Waals surface area contributed by atoms with E-state index >= 15 is 0 Å². The molecule has 1 radical (unpaired) electrons. The maximum Gasteiger partial charge on any atom is 0 e. The number of hydrogen-bond donors (Lipinski definition) is 2. The summed E-state index contributed by atoms with van der Waals surface area (Å²) in [6.45, 7) is 0. The third kappa shape index (κ3) is 76.3. The molecule has 0 aromatic rings. The fraction of sp³-hybridized carbons (Fsp3) is 0. The average Bonchev–Trinajstić information content (AvgIpc) is 0.722. The Morgan fingerprint density at radius 3 is 1.29 bits per heavy atom. The zero-order valence-electron chi connectivity index (χ0n) is 5.27. The van der Waals surface area contributed by atoms with E-state index in [-0.39, 0.29) is 59.1 Å². The van der Waals surface area contributed by atoms with Crippen LogP contribution in [0.3, 0.4) is 0 Å². The van der Waals surface area contributed by atoms with Crippen LogP contribution in [0, 0.1) is 0 Å². The second-order valence-electron chi connectivity index (χ2n) is 0.448. The molecule has 0 aliphatic heterocycles. The van der Waals surface area contributed by atoms with E-state index in [1.807, 2.05) is 0 Å². The molecule has 0 unspecified atom stereocenters. The monoisotopic (exact) mass is 211 g/mol. The number of hydrogen-bond acceptors (Lipinski definition) is 2. The van der Waals surface area contributed by atoms with Crippen LogP contribution < -0.4 is 0 Å². The van der Waals surface area contributed by atoms with Crippen molar-refractivity contribution < 1.29 is 50.9 Å². The van der Waals surface area contributed by atoms with E-state index in [1.54, 1.807) is 0 Å². The molecule has 0 heterocycles. The van der Waals surface area contributed by atoms with E-state index in [0.29, 0.717) is 0 Å². The first-order chi connectivity index (χ1) is 2.00.